The molecule has 0 aliphatic carbocycles. The summed E-state index contributed by atoms with van der Waals surface area (Å²) >= 11 is 0. The number of imide groups is 1. The molecule has 0 radical (unpaired) electrons. The second-order valence-electron chi connectivity index (χ2n) is 10.3. The Kier molecular flexibility index (Phi) is 11.1. The van der Waals surface area contributed by atoms with Crippen LogP contribution in [0.1, 0.15) is 87.3 Å². The molecule has 1 aliphatic heterocycles. The summed E-state index contributed by atoms with van der Waals surface area (Å²) in [6.07, 6.45) is 14.7. The molecule has 1 heterocycles. The van der Waals surface area contributed by atoms with E-state index < -0.39 is 5.60 Å². The van der Waals surface area contributed by atoms with E-state index >= 15 is 0 Å². The number of allylic oxidation sites excluding steroid dienone is 1. The molecule has 4 nitrogen and oxygen atoms in total. The number of hydrogen-bond acceptors (Lipinski definition) is 3. The Hall–Kier alpha value is -3.50. The first-order chi connectivity index (χ1) is 19.2. The van der Waals surface area contributed by atoms with Crippen LogP contribution in [-0.2, 0) is 19.9 Å². The average Bonchev–Trinajstić information content (AvgIpc) is 3.31. The fourth-order valence-electron chi connectivity index (χ4n) is 5.36. The van der Waals surface area contributed by atoms with E-state index in [-0.39, 0.29) is 11.8 Å². The van der Waals surface area contributed by atoms with Gasteiger partial charge in [0.15, 0.2) is 0 Å². The summed E-state index contributed by atoms with van der Waals surface area (Å²) in [5, 5.41) is 0. The van der Waals surface area contributed by atoms with Crippen LogP contribution in [0, 0.1) is 0 Å². The van der Waals surface area contributed by atoms with E-state index in [2.05, 4.69) is 91.0 Å². The van der Waals surface area contributed by atoms with Gasteiger partial charge in [0.2, 0.25) is 11.8 Å². The van der Waals surface area contributed by atoms with Crippen molar-refractivity contribution < 1.29 is 14.3 Å². The second-order valence-corrected chi connectivity index (χ2v) is 10.3. The lowest BCUT2D eigenvalue weighted by atomic mass is 9.80. The Balaban J connectivity index is 1.20. The first-order valence-electron chi connectivity index (χ1n) is 14.5. The minimum Gasteiger partial charge on any atom is -0.361 e. The van der Waals surface area contributed by atoms with Crippen molar-refractivity contribution in [2.45, 2.75) is 76.2 Å². The van der Waals surface area contributed by atoms with E-state index in [4.69, 9.17) is 4.74 Å². The van der Waals surface area contributed by atoms with Crippen LogP contribution in [0.2, 0.25) is 0 Å². The molecule has 0 unspecified atom stereocenters. The van der Waals surface area contributed by atoms with Crippen molar-refractivity contribution in [2.75, 3.05) is 6.61 Å². The van der Waals surface area contributed by atoms with Crippen molar-refractivity contribution >= 4 is 11.8 Å². The number of hydrogen-bond donors (Lipinski definition) is 0. The second kappa shape index (κ2) is 15.2. The van der Waals surface area contributed by atoms with Gasteiger partial charge in [-0.15, -0.1) is 0 Å². The zero-order valence-corrected chi connectivity index (χ0v) is 23.0. The molecule has 0 N–H and O–H groups in total. The third-order valence-corrected chi connectivity index (χ3v) is 7.47. The third kappa shape index (κ3) is 7.77. The van der Waals surface area contributed by atoms with Crippen LogP contribution < -0.4 is 0 Å². The van der Waals surface area contributed by atoms with E-state index in [9.17, 15) is 9.59 Å². The first kappa shape index (κ1) is 28.5. The molecule has 0 saturated carbocycles. The molecule has 204 valence electrons. The molecule has 3 aromatic carbocycles. The Morgan fingerprint density at radius 3 is 1.46 bits per heavy atom. The molecule has 2 amide bonds. The van der Waals surface area contributed by atoms with Gasteiger partial charge in [-0.25, -0.2) is 0 Å². The zero-order valence-electron chi connectivity index (χ0n) is 23.0. The molecule has 4 rings (SSSR count). The van der Waals surface area contributed by atoms with Crippen molar-refractivity contribution in [3.05, 3.63) is 120 Å². The number of ether oxygens (including phenoxy) is 1. The van der Waals surface area contributed by atoms with E-state index in [1.807, 2.05) is 6.08 Å². The Bertz CT molecular complexity index is 1060. The molecule has 1 aliphatic rings. The van der Waals surface area contributed by atoms with Gasteiger partial charge in [0.1, 0.15) is 5.60 Å². The lowest BCUT2D eigenvalue weighted by molar-refractivity contribution is -0.135. The Labute approximate surface area is 233 Å². The highest BCUT2D eigenvalue weighted by molar-refractivity contribution is 6.02. The number of amides is 2. The quantitative estimate of drug-likeness (QED) is 0.108. The molecule has 4 heteroatoms. The van der Waals surface area contributed by atoms with E-state index in [1.54, 1.807) is 6.20 Å². The highest BCUT2D eigenvalue weighted by atomic mass is 16.5. The highest BCUT2D eigenvalue weighted by Crippen LogP contribution is 2.40. The fourth-order valence-corrected chi connectivity index (χ4v) is 5.36. The Morgan fingerprint density at radius 2 is 1.00 bits per heavy atom. The first-order valence-corrected chi connectivity index (χ1v) is 14.5. The predicted molar refractivity (Wildman–Crippen MR) is 157 cm³/mol. The van der Waals surface area contributed by atoms with Gasteiger partial charge in [-0.05, 0) is 36.0 Å². The van der Waals surface area contributed by atoms with Gasteiger partial charge >= 0.3 is 0 Å². The lowest BCUT2D eigenvalue weighted by Crippen LogP contribution is -2.33. The van der Waals surface area contributed by atoms with E-state index in [0.717, 1.165) is 42.4 Å². The molecule has 0 aromatic heterocycles. The number of likely N-dealkylation sites (tertiary alicyclic amines) is 1. The van der Waals surface area contributed by atoms with Crippen molar-refractivity contribution in [1.82, 2.24) is 4.90 Å². The van der Waals surface area contributed by atoms with Gasteiger partial charge in [-0.1, -0.05) is 136 Å². The summed E-state index contributed by atoms with van der Waals surface area (Å²) < 4.78 is 6.87. The maximum absolute atomic E-state index is 11.6. The maximum atomic E-state index is 11.6. The van der Waals surface area contributed by atoms with Crippen LogP contribution in [0.4, 0.5) is 0 Å². The Morgan fingerprint density at radius 1 is 0.590 bits per heavy atom. The topological polar surface area (TPSA) is 46.6 Å². The van der Waals surface area contributed by atoms with Crippen LogP contribution in [0.15, 0.2) is 103 Å². The van der Waals surface area contributed by atoms with E-state index in [0.29, 0.717) is 19.4 Å². The average molecular weight is 524 g/mol. The maximum Gasteiger partial charge on any atom is 0.233 e. The summed E-state index contributed by atoms with van der Waals surface area (Å²) in [5.74, 6) is -0.153. The van der Waals surface area contributed by atoms with Gasteiger partial charge < -0.3 is 4.74 Å². The number of carbonyl (C=O) groups is 2. The monoisotopic (exact) mass is 523 g/mol. The highest BCUT2D eigenvalue weighted by Gasteiger charge is 2.37. The molecule has 1 saturated heterocycles. The summed E-state index contributed by atoms with van der Waals surface area (Å²) in [7, 11) is 0. The standard InChI is InChI=1S/C35H41NO3/c37-33-26-27-34(38)36(33)28-18-7-5-3-1-2-4-6-8-19-29-39-35(30-20-12-9-13-21-30,31-22-14-10-15-23-31)32-24-16-11-17-25-32/h9-18,20-25,28H,1-8,19,26-27,29H2. The molecular formula is C35H41NO3. The lowest BCUT2D eigenvalue weighted by Gasteiger charge is -2.36. The molecule has 3 aromatic rings. The molecule has 39 heavy (non-hydrogen) atoms. The number of carbonyl (C=O) groups excluding carboxylic acids is 2. The summed E-state index contributed by atoms with van der Waals surface area (Å²) in [5.41, 5.74) is 2.82. The largest absolute Gasteiger partial charge is 0.361 e. The van der Waals surface area contributed by atoms with Crippen molar-refractivity contribution in [1.29, 1.82) is 0 Å². The summed E-state index contributed by atoms with van der Waals surface area (Å²) in [6, 6.07) is 31.7. The van der Waals surface area contributed by atoms with Crippen LogP contribution in [-0.4, -0.2) is 23.3 Å². The van der Waals surface area contributed by atoms with Crippen LogP contribution in [0.25, 0.3) is 0 Å². The van der Waals surface area contributed by atoms with E-state index in [1.165, 1.54) is 37.0 Å². The van der Waals surface area contributed by atoms with Crippen molar-refractivity contribution in [2.24, 2.45) is 0 Å². The van der Waals surface area contributed by atoms with Crippen LogP contribution >= 0.6 is 0 Å². The molecule has 0 bridgehead atoms. The zero-order chi connectivity index (χ0) is 27.2. The summed E-state index contributed by atoms with van der Waals surface area (Å²) in [6.45, 7) is 0.701. The van der Waals surface area contributed by atoms with Crippen molar-refractivity contribution in [3.63, 3.8) is 0 Å². The van der Waals surface area contributed by atoms with Crippen LogP contribution in [0.5, 0.6) is 0 Å². The SMILES string of the molecule is O=C1CCC(=O)N1C=CCCCCCCCCCCOC(c1ccccc1)(c1ccccc1)c1ccccc1. The minimum atomic E-state index is -0.631. The normalized spacial score (nSPS) is 14.0. The van der Waals surface area contributed by atoms with Gasteiger partial charge in [0.25, 0.3) is 0 Å². The van der Waals surface area contributed by atoms with Gasteiger partial charge in [0.05, 0.1) is 0 Å². The number of rotatable bonds is 16. The fraction of sp³-hybridized carbons (Fsp3) is 0.371. The van der Waals surface area contributed by atoms with Gasteiger partial charge in [-0.2, -0.15) is 0 Å². The molecule has 0 atom stereocenters. The minimum absolute atomic E-state index is 0.0764. The van der Waals surface area contributed by atoms with Gasteiger partial charge in [-0.3, -0.25) is 14.5 Å². The smallest absolute Gasteiger partial charge is 0.233 e. The van der Waals surface area contributed by atoms with Crippen LogP contribution in [0.3, 0.4) is 0 Å². The molecule has 1 fully saturated rings. The molecule has 0 spiro atoms. The molecular weight excluding hydrogens is 482 g/mol. The van der Waals surface area contributed by atoms with Gasteiger partial charge in [0, 0.05) is 25.6 Å². The third-order valence-electron chi connectivity index (χ3n) is 7.47. The summed E-state index contributed by atoms with van der Waals surface area (Å²) in [4.78, 5) is 24.5. The number of unbranched alkanes of at least 4 members (excludes halogenated alkanes) is 8. The van der Waals surface area contributed by atoms with Crippen molar-refractivity contribution in [3.8, 4) is 0 Å². The number of nitrogens with zero attached hydrogens (tertiary/aromatic N) is 1. The predicted octanol–water partition coefficient (Wildman–Crippen LogP) is 8.17. The number of benzene rings is 3.